The van der Waals surface area contributed by atoms with Crippen LogP contribution in [0, 0.1) is 0 Å². The Morgan fingerprint density at radius 3 is 1.68 bits per heavy atom. The van der Waals surface area contributed by atoms with E-state index >= 15 is 0 Å². The van der Waals surface area contributed by atoms with E-state index in [9.17, 15) is 0 Å². The highest BCUT2D eigenvalue weighted by atomic mass is 16.3. The van der Waals surface area contributed by atoms with Crippen LogP contribution in [0.2, 0.25) is 0 Å². The molecule has 0 spiro atoms. The van der Waals surface area contributed by atoms with Crippen LogP contribution in [0.1, 0.15) is 64.5 Å². The van der Waals surface area contributed by atoms with Crippen LogP contribution in [-0.4, -0.2) is 11.6 Å². The molecule has 1 N–H and O–H groups in total. The SMILES string of the molecule is CC.CCCCc1cccc(CCCC)c1.O=CO. The Balaban J connectivity index is 0. The smallest absolute Gasteiger partial charge is 0.290 e. The van der Waals surface area contributed by atoms with E-state index < -0.39 is 0 Å². The van der Waals surface area contributed by atoms with Crippen LogP contribution in [0.5, 0.6) is 0 Å². The molecule has 0 aliphatic heterocycles. The minimum absolute atomic E-state index is 0.250. The third kappa shape index (κ3) is 12.9. The standard InChI is InChI=1S/C14H22.C2H6.CH2O2/c1-3-5-8-13-10-7-11-14(12-13)9-6-4-2;1-2;2-1-3/h7,10-12H,3-6,8-9H2,1-2H3;1-2H3;1H,(H,2,3). The lowest BCUT2D eigenvalue weighted by Crippen LogP contribution is -1.89. The first-order valence-electron chi connectivity index (χ1n) is 7.44. The summed E-state index contributed by atoms with van der Waals surface area (Å²) in [5, 5.41) is 6.89. The molecule has 1 aromatic rings. The third-order valence-electron chi connectivity index (χ3n) is 2.63. The predicted octanol–water partition coefficient (Wildman–Crippen LogP) is 5.10. The first kappa shape index (κ1) is 20.0. The van der Waals surface area contributed by atoms with Gasteiger partial charge in [0.2, 0.25) is 0 Å². The van der Waals surface area contributed by atoms with Crippen molar-refractivity contribution in [1.29, 1.82) is 0 Å². The molecule has 1 rings (SSSR count). The van der Waals surface area contributed by atoms with Gasteiger partial charge in [-0.1, -0.05) is 64.8 Å². The molecular formula is C17H30O2. The number of unbranched alkanes of at least 4 members (excludes halogenated alkanes) is 2. The third-order valence-corrected chi connectivity index (χ3v) is 2.63. The molecular weight excluding hydrogens is 236 g/mol. The average Bonchev–Trinajstić information content (AvgIpc) is 2.46. The lowest BCUT2D eigenvalue weighted by Gasteiger charge is -2.04. The Morgan fingerprint density at radius 1 is 1.00 bits per heavy atom. The average molecular weight is 266 g/mol. The highest BCUT2D eigenvalue weighted by Crippen LogP contribution is 2.11. The Hall–Kier alpha value is -1.31. The van der Waals surface area contributed by atoms with Crippen LogP contribution < -0.4 is 0 Å². The molecule has 0 fully saturated rings. The van der Waals surface area contributed by atoms with Crippen LogP contribution in [0.3, 0.4) is 0 Å². The number of rotatable bonds is 6. The fourth-order valence-corrected chi connectivity index (χ4v) is 1.70. The molecule has 0 bridgehead atoms. The van der Waals surface area contributed by atoms with Gasteiger partial charge in [-0.05, 0) is 36.8 Å². The molecule has 0 radical (unpaired) electrons. The van der Waals surface area contributed by atoms with E-state index in [1.807, 2.05) is 13.8 Å². The second-order valence-corrected chi connectivity index (χ2v) is 4.13. The number of hydrogen-bond acceptors (Lipinski definition) is 1. The molecule has 0 heterocycles. The molecule has 1 aromatic carbocycles. The molecule has 0 aliphatic carbocycles. The number of carbonyl (C=O) groups is 1. The summed E-state index contributed by atoms with van der Waals surface area (Å²) in [5.74, 6) is 0. The predicted molar refractivity (Wildman–Crippen MR) is 83.7 cm³/mol. The molecule has 0 amide bonds. The van der Waals surface area contributed by atoms with E-state index in [0.717, 1.165) is 0 Å². The Bertz CT molecular complexity index is 272. The normalized spacial score (nSPS) is 8.63. The van der Waals surface area contributed by atoms with Gasteiger partial charge in [0, 0.05) is 0 Å². The highest BCUT2D eigenvalue weighted by molar-refractivity contribution is 5.32. The van der Waals surface area contributed by atoms with Gasteiger partial charge >= 0.3 is 0 Å². The number of aryl methyl sites for hydroxylation is 2. The first-order chi connectivity index (χ1) is 9.28. The topological polar surface area (TPSA) is 37.3 Å². The number of benzene rings is 1. The van der Waals surface area contributed by atoms with Gasteiger partial charge in [-0.15, -0.1) is 0 Å². The quantitative estimate of drug-likeness (QED) is 0.727. The van der Waals surface area contributed by atoms with Gasteiger partial charge in [0.05, 0.1) is 0 Å². The molecule has 2 nitrogen and oxygen atoms in total. The fraction of sp³-hybridized carbons (Fsp3) is 0.588. The van der Waals surface area contributed by atoms with Crippen molar-refractivity contribution in [1.82, 2.24) is 0 Å². The lowest BCUT2D eigenvalue weighted by atomic mass is 10.0. The molecule has 0 aliphatic rings. The molecule has 0 aromatic heterocycles. The zero-order valence-electron chi connectivity index (χ0n) is 13.0. The summed E-state index contributed by atoms with van der Waals surface area (Å²) in [5.41, 5.74) is 3.03. The van der Waals surface area contributed by atoms with Crippen molar-refractivity contribution in [2.75, 3.05) is 0 Å². The van der Waals surface area contributed by atoms with Crippen molar-refractivity contribution in [2.24, 2.45) is 0 Å². The summed E-state index contributed by atoms with van der Waals surface area (Å²) in [7, 11) is 0. The van der Waals surface area contributed by atoms with Crippen LogP contribution in [0.4, 0.5) is 0 Å². The summed E-state index contributed by atoms with van der Waals surface area (Å²) < 4.78 is 0. The van der Waals surface area contributed by atoms with E-state index in [2.05, 4.69) is 38.1 Å². The minimum Gasteiger partial charge on any atom is -0.483 e. The van der Waals surface area contributed by atoms with E-state index in [1.165, 1.54) is 49.7 Å². The number of carboxylic acid groups (broad SMARTS) is 1. The maximum absolute atomic E-state index is 8.36. The van der Waals surface area contributed by atoms with E-state index in [0.29, 0.717) is 0 Å². The molecule has 0 unspecified atom stereocenters. The molecule has 0 saturated heterocycles. The zero-order valence-corrected chi connectivity index (χ0v) is 13.0. The Morgan fingerprint density at radius 2 is 1.37 bits per heavy atom. The van der Waals surface area contributed by atoms with Crippen molar-refractivity contribution in [2.45, 2.75) is 66.2 Å². The van der Waals surface area contributed by atoms with Gasteiger partial charge in [-0.25, -0.2) is 0 Å². The van der Waals surface area contributed by atoms with Crippen LogP contribution >= 0.6 is 0 Å². The zero-order chi connectivity index (χ0) is 14.9. The van der Waals surface area contributed by atoms with Crippen molar-refractivity contribution in [3.05, 3.63) is 35.4 Å². The lowest BCUT2D eigenvalue weighted by molar-refractivity contribution is -0.122. The Kier molecular flexibility index (Phi) is 17.6. The summed E-state index contributed by atoms with van der Waals surface area (Å²) in [6.07, 6.45) is 7.71. The second kappa shape index (κ2) is 16.7. The van der Waals surface area contributed by atoms with Crippen molar-refractivity contribution in [3.63, 3.8) is 0 Å². The summed E-state index contributed by atoms with van der Waals surface area (Å²) in [6, 6.07) is 9.09. The summed E-state index contributed by atoms with van der Waals surface area (Å²) in [4.78, 5) is 8.36. The molecule has 0 atom stereocenters. The summed E-state index contributed by atoms with van der Waals surface area (Å²) >= 11 is 0. The van der Waals surface area contributed by atoms with Crippen molar-refractivity contribution < 1.29 is 9.90 Å². The summed E-state index contributed by atoms with van der Waals surface area (Å²) in [6.45, 7) is 8.25. The van der Waals surface area contributed by atoms with E-state index in [-0.39, 0.29) is 6.47 Å². The van der Waals surface area contributed by atoms with Gasteiger partial charge < -0.3 is 5.11 Å². The maximum Gasteiger partial charge on any atom is 0.290 e. The van der Waals surface area contributed by atoms with E-state index in [4.69, 9.17) is 9.90 Å². The van der Waals surface area contributed by atoms with Gasteiger partial charge in [-0.2, -0.15) is 0 Å². The van der Waals surface area contributed by atoms with Gasteiger partial charge in [0.25, 0.3) is 6.47 Å². The van der Waals surface area contributed by atoms with Gasteiger partial charge in [0.15, 0.2) is 0 Å². The monoisotopic (exact) mass is 266 g/mol. The van der Waals surface area contributed by atoms with Gasteiger partial charge in [-0.3, -0.25) is 4.79 Å². The fourth-order valence-electron chi connectivity index (χ4n) is 1.70. The largest absolute Gasteiger partial charge is 0.483 e. The van der Waals surface area contributed by atoms with Gasteiger partial charge in [0.1, 0.15) is 0 Å². The van der Waals surface area contributed by atoms with Crippen LogP contribution in [-0.2, 0) is 17.6 Å². The Labute approximate surface area is 118 Å². The van der Waals surface area contributed by atoms with Crippen LogP contribution in [0.15, 0.2) is 24.3 Å². The number of hydrogen-bond donors (Lipinski definition) is 1. The first-order valence-corrected chi connectivity index (χ1v) is 7.44. The van der Waals surface area contributed by atoms with Crippen molar-refractivity contribution >= 4 is 6.47 Å². The molecule has 0 saturated carbocycles. The molecule has 2 heteroatoms. The molecule has 19 heavy (non-hydrogen) atoms. The van der Waals surface area contributed by atoms with E-state index in [1.54, 1.807) is 0 Å². The minimum atomic E-state index is -0.250. The van der Waals surface area contributed by atoms with Crippen molar-refractivity contribution in [3.8, 4) is 0 Å². The molecule has 110 valence electrons. The second-order valence-electron chi connectivity index (χ2n) is 4.13. The highest BCUT2D eigenvalue weighted by Gasteiger charge is 1.95. The van der Waals surface area contributed by atoms with Crippen LogP contribution in [0.25, 0.3) is 0 Å². The maximum atomic E-state index is 8.36.